The molecule has 0 aliphatic heterocycles. The molecule has 1 amide bonds. The first-order valence-corrected chi connectivity index (χ1v) is 9.33. The van der Waals surface area contributed by atoms with Crippen LogP contribution in [-0.4, -0.2) is 32.0 Å². The minimum atomic E-state index is -0.209. The predicted octanol–water partition coefficient (Wildman–Crippen LogP) is 0.815. The van der Waals surface area contributed by atoms with Crippen molar-refractivity contribution in [1.82, 2.24) is 24.9 Å². The summed E-state index contributed by atoms with van der Waals surface area (Å²) in [5.74, 6) is -0.145. The highest BCUT2D eigenvalue weighted by atomic mass is 32.1. The van der Waals surface area contributed by atoms with Crippen LogP contribution in [0, 0.1) is 0 Å². The van der Waals surface area contributed by atoms with Crippen molar-refractivity contribution in [1.29, 1.82) is 0 Å². The van der Waals surface area contributed by atoms with Gasteiger partial charge in [-0.3, -0.25) is 14.4 Å². The van der Waals surface area contributed by atoms with Gasteiger partial charge in [-0.25, -0.2) is 9.36 Å². The Morgan fingerprint density at radius 1 is 1.11 bits per heavy atom. The zero-order valence-corrected chi connectivity index (χ0v) is 15.6. The second-order valence-corrected chi connectivity index (χ2v) is 6.84. The molecule has 0 saturated carbocycles. The average molecular weight is 385 g/mol. The summed E-state index contributed by atoms with van der Waals surface area (Å²) in [4.78, 5) is 36.2. The van der Waals surface area contributed by atoms with Crippen LogP contribution in [0.25, 0.3) is 10.6 Å². The summed E-state index contributed by atoms with van der Waals surface area (Å²) in [6, 6.07) is 10.1. The molecule has 3 rings (SSSR count). The number of carbonyl (C=O) groups is 1. The molecule has 0 spiro atoms. The van der Waals surface area contributed by atoms with E-state index in [0.29, 0.717) is 25.2 Å². The fraction of sp³-hybridized carbons (Fsp3) is 0.278. The van der Waals surface area contributed by atoms with Gasteiger partial charge in [0.15, 0.2) is 0 Å². The van der Waals surface area contributed by atoms with Crippen molar-refractivity contribution in [3.05, 3.63) is 68.2 Å². The zero-order chi connectivity index (χ0) is 19.2. The quantitative estimate of drug-likeness (QED) is 0.649. The van der Waals surface area contributed by atoms with Crippen molar-refractivity contribution in [3.63, 3.8) is 0 Å². The van der Waals surface area contributed by atoms with Crippen LogP contribution in [0.3, 0.4) is 0 Å². The third-order valence-corrected chi connectivity index (χ3v) is 4.80. The number of nitrogens with one attached hydrogen (secondary N) is 1. The summed E-state index contributed by atoms with van der Waals surface area (Å²) < 4.78 is 2.59. The molecule has 3 heterocycles. The zero-order valence-electron chi connectivity index (χ0n) is 14.8. The Bertz CT molecular complexity index is 1040. The predicted molar refractivity (Wildman–Crippen MR) is 103 cm³/mol. The van der Waals surface area contributed by atoms with E-state index >= 15 is 0 Å². The fourth-order valence-corrected chi connectivity index (χ4v) is 3.17. The van der Waals surface area contributed by atoms with E-state index in [1.54, 1.807) is 30.5 Å². The normalized spacial score (nSPS) is 10.7. The number of rotatable bonds is 7. The molecular weight excluding hydrogens is 366 g/mol. The third kappa shape index (κ3) is 4.98. The van der Waals surface area contributed by atoms with E-state index in [-0.39, 0.29) is 23.4 Å². The molecular formula is C18H19N5O3S. The topological polar surface area (TPSA) is 98.9 Å². The first-order chi connectivity index (χ1) is 13.0. The molecule has 1 N–H and O–H groups in total. The van der Waals surface area contributed by atoms with Crippen LogP contribution in [0.1, 0.15) is 12.1 Å². The molecule has 27 heavy (non-hydrogen) atoms. The molecule has 0 saturated heterocycles. The van der Waals surface area contributed by atoms with Crippen LogP contribution in [0.4, 0.5) is 0 Å². The van der Waals surface area contributed by atoms with Gasteiger partial charge >= 0.3 is 0 Å². The second-order valence-electron chi connectivity index (χ2n) is 5.89. The van der Waals surface area contributed by atoms with Gasteiger partial charge in [-0.05, 0) is 23.6 Å². The number of nitrogens with zero attached hydrogens (tertiary/aromatic N) is 4. The molecule has 3 aromatic heterocycles. The highest BCUT2D eigenvalue weighted by Crippen LogP contribution is 2.20. The number of amides is 1. The van der Waals surface area contributed by atoms with Gasteiger partial charge in [0.05, 0.1) is 17.1 Å². The number of aryl methyl sites for hydroxylation is 2. The smallest absolute Gasteiger partial charge is 0.266 e. The lowest BCUT2D eigenvalue weighted by molar-refractivity contribution is -0.121. The van der Waals surface area contributed by atoms with E-state index in [0.717, 1.165) is 10.6 Å². The lowest BCUT2D eigenvalue weighted by atomic mass is 10.2. The summed E-state index contributed by atoms with van der Waals surface area (Å²) >= 11 is 1.55. The van der Waals surface area contributed by atoms with Crippen molar-refractivity contribution >= 4 is 17.2 Å². The van der Waals surface area contributed by atoms with Crippen molar-refractivity contribution < 1.29 is 4.79 Å². The van der Waals surface area contributed by atoms with Crippen molar-refractivity contribution in [2.75, 3.05) is 6.54 Å². The van der Waals surface area contributed by atoms with Gasteiger partial charge in [0.1, 0.15) is 5.69 Å². The largest absolute Gasteiger partial charge is 0.354 e. The Morgan fingerprint density at radius 2 is 1.93 bits per heavy atom. The molecule has 0 aliphatic carbocycles. The molecule has 9 heteroatoms. The van der Waals surface area contributed by atoms with Crippen LogP contribution in [0.5, 0.6) is 0 Å². The number of hydrogen-bond donors (Lipinski definition) is 1. The molecule has 0 bridgehead atoms. The van der Waals surface area contributed by atoms with Gasteiger partial charge < -0.3 is 5.32 Å². The molecule has 3 aromatic rings. The van der Waals surface area contributed by atoms with Crippen molar-refractivity contribution in [3.8, 4) is 10.6 Å². The van der Waals surface area contributed by atoms with Gasteiger partial charge in [0.25, 0.3) is 11.1 Å². The molecule has 0 fully saturated rings. The Kier molecular flexibility index (Phi) is 5.92. The van der Waals surface area contributed by atoms with E-state index in [4.69, 9.17) is 0 Å². The molecule has 0 unspecified atom stereocenters. The fourth-order valence-electron chi connectivity index (χ4n) is 2.48. The van der Waals surface area contributed by atoms with E-state index in [1.165, 1.54) is 21.5 Å². The highest BCUT2D eigenvalue weighted by Gasteiger charge is 2.07. The summed E-state index contributed by atoms with van der Waals surface area (Å²) in [5.41, 5.74) is 1.01. The Morgan fingerprint density at radius 3 is 2.67 bits per heavy atom. The summed E-state index contributed by atoms with van der Waals surface area (Å²) in [7, 11) is 1.57. The first-order valence-electron chi connectivity index (χ1n) is 8.45. The summed E-state index contributed by atoms with van der Waals surface area (Å²) in [6.07, 6.45) is 0.689. The van der Waals surface area contributed by atoms with Gasteiger partial charge in [-0.2, -0.15) is 10.2 Å². The van der Waals surface area contributed by atoms with E-state index in [1.807, 2.05) is 17.5 Å². The number of aromatic nitrogens is 4. The van der Waals surface area contributed by atoms with Crippen LogP contribution in [-0.2, 0) is 24.8 Å². The van der Waals surface area contributed by atoms with Crippen LogP contribution >= 0.6 is 11.3 Å². The number of thiophene rings is 1. The molecule has 0 radical (unpaired) electrons. The number of carbonyl (C=O) groups excluding carboxylic acids is 1. The average Bonchev–Trinajstić information content (AvgIpc) is 3.19. The van der Waals surface area contributed by atoms with Gasteiger partial charge in [-0.15, -0.1) is 11.3 Å². The lowest BCUT2D eigenvalue weighted by Gasteiger charge is -2.08. The Labute approximate surface area is 159 Å². The summed E-state index contributed by atoms with van der Waals surface area (Å²) in [6.45, 7) is 0.599. The highest BCUT2D eigenvalue weighted by molar-refractivity contribution is 7.13. The standard InChI is InChI=1S/C18H19N5O3S/c1-22-17(25)8-5-13(20-22)4-7-16(24)19-10-11-23-18(26)9-6-14(21-23)15-3-2-12-27-15/h2-3,5-6,8-9,12H,4,7,10-11H2,1H3,(H,19,24). The van der Waals surface area contributed by atoms with Gasteiger partial charge in [0.2, 0.25) is 5.91 Å². The van der Waals surface area contributed by atoms with E-state index in [9.17, 15) is 14.4 Å². The second kappa shape index (κ2) is 8.54. The molecule has 0 atom stereocenters. The Balaban J connectivity index is 1.51. The van der Waals surface area contributed by atoms with Crippen LogP contribution < -0.4 is 16.4 Å². The molecule has 0 aromatic carbocycles. The van der Waals surface area contributed by atoms with Crippen LogP contribution in [0.15, 0.2) is 51.4 Å². The van der Waals surface area contributed by atoms with Crippen molar-refractivity contribution in [2.45, 2.75) is 19.4 Å². The maximum atomic E-state index is 12.0. The van der Waals surface area contributed by atoms with Crippen molar-refractivity contribution in [2.24, 2.45) is 7.05 Å². The van der Waals surface area contributed by atoms with E-state index in [2.05, 4.69) is 15.5 Å². The maximum Gasteiger partial charge on any atom is 0.266 e. The van der Waals surface area contributed by atoms with Gasteiger partial charge in [-0.1, -0.05) is 6.07 Å². The third-order valence-electron chi connectivity index (χ3n) is 3.91. The van der Waals surface area contributed by atoms with Gasteiger partial charge in [0, 0.05) is 38.6 Å². The molecule has 8 nitrogen and oxygen atoms in total. The maximum absolute atomic E-state index is 12.0. The molecule has 140 valence electrons. The minimum absolute atomic E-state index is 0.145. The first kappa shape index (κ1) is 18.7. The SMILES string of the molecule is Cn1nc(CCC(=O)NCCn2nc(-c3cccs3)ccc2=O)ccc1=O. The molecule has 0 aliphatic rings. The summed E-state index contributed by atoms with van der Waals surface area (Å²) in [5, 5.41) is 13.2. The Hall–Kier alpha value is -3.07. The van der Waals surface area contributed by atoms with E-state index < -0.39 is 0 Å². The monoisotopic (exact) mass is 385 g/mol. The van der Waals surface area contributed by atoms with Crippen LogP contribution in [0.2, 0.25) is 0 Å². The minimum Gasteiger partial charge on any atom is -0.354 e. The lowest BCUT2D eigenvalue weighted by Crippen LogP contribution is -2.32. The number of hydrogen-bond acceptors (Lipinski definition) is 6.